The molecule has 0 saturated heterocycles. The normalized spacial score (nSPS) is 19.0. The quantitative estimate of drug-likeness (QED) is 0.848. The maximum atomic E-state index is 11.8. The molecule has 1 saturated carbocycles. The second-order valence-electron chi connectivity index (χ2n) is 3.78. The van der Waals surface area contributed by atoms with E-state index >= 15 is 0 Å². The summed E-state index contributed by atoms with van der Waals surface area (Å²) in [7, 11) is -3.69. The SMILES string of the molecule is O=C(O)C1(NS(=O)(=O)c2cccs2)CCC1. The van der Waals surface area contributed by atoms with E-state index in [0.717, 1.165) is 17.8 Å². The Balaban J connectivity index is 2.25. The van der Waals surface area contributed by atoms with Crippen molar-refractivity contribution < 1.29 is 18.3 Å². The molecule has 2 N–H and O–H groups in total. The van der Waals surface area contributed by atoms with Crippen LogP contribution in [0.5, 0.6) is 0 Å². The molecule has 16 heavy (non-hydrogen) atoms. The molecule has 1 aromatic rings. The minimum Gasteiger partial charge on any atom is -0.480 e. The number of aliphatic carboxylic acids is 1. The Morgan fingerprint density at radius 2 is 2.19 bits per heavy atom. The average Bonchev–Trinajstić information content (AvgIpc) is 2.63. The van der Waals surface area contributed by atoms with Crippen molar-refractivity contribution in [3.05, 3.63) is 17.5 Å². The van der Waals surface area contributed by atoms with E-state index in [9.17, 15) is 13.2 Å². The molecular formula is C9H11NO4S2. The van der Waals surface area contributed by atoms with Crippen LogP contribution in [0.25, 0.3) is 0 Å². The molecule has 0 radical (unpaired) electrons. The van der Waals surface area contributed by atoms with Crippen molar-refractivity contribution in [1.29, 1.82) is 0 Å². The van der Waals surface area contributed by atoms with Gasteiger partial charge in [0.25, 0.3) is 10.0 Å². The molecule has 5 nitrogen and oxygen atoms in total. The second kappa shape index (κ2) is 3.83. The lowest BCUT2D eigenvalue weighted by Gasteiger charge is -2.37. The summed E-state index contributed by atoms with van der Waals surface area (Å²) in [4.78, 5) is 11.0. The van der Waals surface area contributed by atoms with Gasteiger partial charge in [0.1, 0.15) is 9.75 Å². The maximum Gasteiger partial charge on any atom is 0.324 e. The number of hydrogen-bond acceptors (Lipinski definition) is 4. The van der Waals surface area contributed by atoms with Gasteiger partial charge < -0.3 is 5.11 Å². The molecule has 0 bridgehead atoms. The summed E-state index contributed by atoms with van der Waals surface area (Å²) < 4.78 is 26.1. The molecule has 88 valence electrons. The summed E-state index contributed by atoms with van der Waals surface area (Å²) in [5.41, 5.74) is -1.29. The Morgan fingerprint density at radius 3 is 2.56 bits per heavy atom. The van der Waals surface area contributed by atoms with Crippen LogP contribution in [-0.2, 0) is 14.8 Å². The highest BCUT2D eigenvalue weighted by molar-refractivity contribution is 7.91. The lowest BCUT2D eigenvalue weighted by molar-refractivity contribution is -0.147. The molecule has 1 aromatic heterocycles. The third-order valence-electron chi connectivity index (χ3n) is 2.71. The smallest absolute Gasteiger partial charge is 0.324 e. The molecule has 2 rings (SSSR count). The van der Waals surface area contributed by atoms with Gasteiger partial charge in [-0.25, -0.2) is 8.42 Å². The van der Waals surface area contributed by atoms with Crippen molar-refractivity contribution in [3.63, 3.8) is 0 Å². The van der Waals surface area contributed by atoms with Crippen LogP contribution in [-0.4, -0.2) is 25.0 Å². The first kappa shape index (κ1) is 11.6. The van der Waals surface area contributed by atoms with E-state index in [4.69, 9.17) is 5.11 Å². The van der Waals surface area contributed by atoms with E-state index in [0.29, 0.717) is 12.8 Å². The number of carbonyl (C=O) groups is 1. The molecule has 0 atom stereocenters. The fourth-order valence-corrected chi connectivity index (χ4v) is 4.02. The van der Waals surface area contributed by atoms with Crippen molar-refractivity contribution in [2.24, 2.45) is 0 Å². The standard InChI is InChI=1S/C9H11NO4S2/c11-8(12)9(4-2-5-9)10-16(13,14)7-3-1-6-15-7/h1,3,6,10H,2,4-5H2,(H,11,12). The minimum atomic E-state index is -3.69. The predicted molar refractivity (Wildman–Crippen MR) is 58.9 cm³/mol. The van der Waals surface area contributed by atoms with Crippen LogP contribution in [0, 0.1) is 0 Å². The zero-order valence-electron chi connectivity index (χ0n) is 8.34. The molecule has 0 amide bonds. The molecule has 0 aromatic carbocycles. The first-order valence-electron chi connectivity index (χ1n) is 4.77. The maximum absolute atomic E-state index is 11.8. The van der Waals surface area contributed by atoms with Crippen molar-refractivity contribution in [1.82, 2.24) is 4.72 Å². The molecule has 0 aliphatic heterocycles. The Labute approximate surface area is 97.2 Å². The van der Waals surface area contributed by atoms with E-state index in [-0.39, 0.29) is 4.21 Å². The Kier molecular flexibility index (Phi) is 2.77. The number of rotatable bonds is 4. The minimum absolute atomic E-state index is 0.153. The zero-order valence-corrected chi connectivity index (χ0v) is 9.97. The lowest BCUT2D eigenvalue weighted by Crippen LogP contribution is -2.58. The van der Waals surface area contributed by atoms with E-state index in [1.54, 1.807) is 11.4 Å². The number of carboxylic acid groups (broad SMARTS) is 1. The van der Waals surface area contributed by atoms with E-state index in [1.807, 2.05) is 0 Å². The first-order valence-corrected chi connectivity index (χ1v) is 7.13. The van der Waals surface area contributed by atoms with E-state index in [2.05, 4.69) is 4.72 Å². The summed E-state index contributed by atoms with van der Waals surface area (Å²) in [6.07, 6.45) is 1.44. The van der Waals surface area contributed by atoms with E-state index < -0.39 is 21.5 Å². The van der Waals surface area contributed by atoms with Gasteiger partial charge in [0.15, 0.2) is 0 Å². The summed E-state index contributed by atoms with van der Waals surface area (Å²) >= 11 is 1.07. The van der Waals surface area contributed by atoms with Gasteiger partial charge in [0.05, 0.1) is 0 Å². The molecule has 1 fully saturated rings. The Morgan fingerprint density at radius 1 is 1.50 bits per heavy atom. The van der Waals surface area contributed by atoms with Gasteiger partial charge in [-0.05, 0) is 30.7 Å². The van der Waals surface area contributed by atoms with Crippen LogP contribution in [0.1, 0.15) is 19.3 Å². The molecule has 0 unspecified atom stereocenters. The van der Waals surface area contributed by atoms with Gasteiger partial charge in [0, 0.05) is 0 Å². The molecular weight excluding hydrogens is 250 g/mol. The van der Waals surface area contributed by atoms with Gasteiger partial charge >= 0.3 is 5.97 Å². The number of carboxylic acids is 1. The third kappa shape index (κ3) is 1.85. The van der Waals surface area contributed by atoms with Gasteiger partial charge in [0.2, 0.25) is 0 Å². The number of sulfonamides is 1. The van der Waals surface area contributed by atoms with Gasteiger partial charge in [-0.2, -0.15) is 4.72 Å². The van der Waals surface area contributed by atoms with Crippen LogP contribution in [0.15, 0.2) is 21.7 Å². The predicted octanol–water partition coefficient (Wildman–Crippen LogP) is 1.03. The number of nitrogens with one attached hydrogen (secondary N) is 1. The molecule has 1 aliphatic carbocycles. The van der Waals surface area contributed by atoms with Gasteiger partial charge in [-0.3, -0.25) is 4.79 Å². The average molecular weight is 261 g/mol. The highest BCUT2D eigenvalue weighted by Gasteiger charge is 2.47. The summed E-state index contributed by atoms with van der Waals surface area (Å²) in [6.45, 7) is 0. The second-order valence-corrected chi connectivity index (χ2v) is 6.64. The van der Waals surface area contributed by atoms with Crippen molar-refractivity contribution in [2.45, 2.75) is 29.0 Å². The largest absolute Gasteiger partial charge is 0.480 e. The summed E-state index contributed by atoms with van der Waals surface area (Å²) in [5, 5.41) is 10.7. The Hall–Kier alpha value is -0.920. The number of thiophene rings is 1. The van der Waals surface area contributed by atoms with Crippen LogP contribution in [0.2, 0.25) is 0 Å². The number of hydrogen-bond donors (Lipinski definition) is 2. The highest BCUT2D eigenvalue weighted by atomic mass is 32.2. The summed E-state index contributed by atoms with van der Waals surface area (Å²) in [5.74, 6) is -1.10. The third-order valence-corrected chi connectivity index (χ3v) is 5.64. The fraction of sp³-hybridized carbons (Fsp3) is 0.444. The molecule has 1 aliphatic rings. The van der Waals surface area contributed by atoms with Crippen LogP contribution in [0.4, 0.5) is 0 Å². The van der Waals surface area contributed by atoms with Crippen molar-refractivity contribution in [2.75, 3.05) is 0 Å². The molecule has 7 heteroatoms. The topological polar surface area (TPSA) is 83.5 Å². The first-order chi connectivity index (χ1) is 7.46. The van der Waals surface area contributed by atoms with Crippen LogP contribution in [0.3, 0.4) is 0 Å². The van der Waals surface area contributed by atoms with Gasteiger partial charge in [-0.1, -0.05) is 6.07 Å². The van der Waals surface area contributed by atoms with Crippen LogP contribution < -0.4 is 4.72 Å². The zero-order chi connectivity index (χ0) is 11.8. The van der Waals surface area contributed by atoms with E-state index in [1.165, 1.54) is 6.07 Å². The van der Waals surface area contributed by atoms with Crippen molar-refractivity contribution >= 4 is 27.3 Å². The molecule has 1 heterocycles. The lowest BCUT2D eigenvalue weighted by atomic mass is 9.78. The summed E-state index contributed by atoms with van der Waals surface area (Å²) in [6, 6.07) is 3.08. The highest BCUT2D eigenvalue weighted by Crippen LogP contribution is 2.34. The monoisotopic (exact) mass is 261 g/mol. The molecule has 0 spiro atoms. The van der Waals surface area contributed by atoms with Crippen LogP contribution >= 0.6 is 11.3 Å². The fourth-order valence-electron chi connectivity index (χ4n) is 1.61. The van der Waals surface area contributed by atoms with Gasteiger partial charge in [-0.15, -0.1) is 11.3 Å². The van der Waals surface area contributed by atoms with Crippen molar-refractivity contribution in [3.8, 4) is 0 Å². The Bertz CT molecular complexity index is 488.